The third-order valence-corrected chi connectivity index (χ3v) is 5.91. The molecule has 1 aliphatic rings. The van der Waals surface area contributed by atoms with Crippen LogP contribution in [0.3, 0.4) is 0 Å². The quantitative estimate of drug-likeness (QED) is 0.532. The topological polar surface area (TPSA) is 95.9 Å². The zero-order chi connectivity index (χ0) is 26.6. The lowest BCUT2D eigenvalue weighted by Crippen LogP contribution is -2.49. The zero-order valence-corrected chi connectivity index (χ0v) is 20.9. The number of pyridine rings is 1. The number of hydrogen-bond donors (Lipinski definition) is 2. The molecule has 0 aliphatic carbocycles. The van der Waals surface area contributed by atoms with Crippen LogP contribution < -0.4 is 15.4 Å². The van der Waals surface area contributed by atoms with E-state index in [9.17, 15) is 22.8 Å². The minimum Gasteiger partial charge on any atom is -0.480 e. The van der Waals surface area contributed by atoms with Crippen LogP contribution in [0.25, 0.3) is 0 Å². The Morgan fingerprint density at radius 1 is 1.28 bits per heavy atom. The molecule has 0 saturated carbocycles. The Morgan fingerprint density at radius 3 is 2.58 bits per heavy atom. The first-order valence-corrected chi connectivity index (χ1v) is 11.3. The Hall–Kier alpha value is -3.31. The molecule has 8 nitrogen and oxygen atoms in total. The van der Waals surface area contributed by atoms with Gasteiger partial charge in [0.05, 0.1) is 41.2 Å². The summed E-state index contributed by atoms with van der Waals surface area (Å²) >= 11 is 11.8. The van der Waals surface area contributed by atoms with E-state index in [1.54, 1.807) is 7.05 Å². The number of alkyl halides is 3. The summed E-state index contributed by atoms with van der Waals surface area (Å²) in [6.07, 6.45) is -1.83. The van der Waals surface area contributed by atoms with E-state index >= 15 is 0 Å². The van der Waals surface area contributed by atoms with Crippen LogP contribution in [-0.4, -0.2) is 61.7 Å². The number of ether oxygens (including phenoxy) is 1. The van der Waals surface area contributed by atoms with Gasteiger partial charge in [0.2, 0.25) is 5.88 Å². The van der Waals surface area contributed by atoms with Crippen molar-refractivity contribution >= 4 is 41.2 Å². The minimum absolute atomic E-state index is 0.132. The van der Waals surface area contributed by atoms with Crippen molar-refractivity contribution in [3.05, 3.63) is 68.6 Å². The molecule has 2 heterocycles. The monoisotopic (exact) mass is 543 g/mol. The molecule has 0 saturated heterocycles. The Labute approximate surface area is 215 Å². The number of carbonyl (C=O) groups excluding carboxylic acids is 2. The molecular weight excluding hydrogens is 522 g/mol. The van der Waals surface area contributed by atoms with Crippen molar-refractivity contribution in [1.82, 2.24) is 20.5 Å². The first-order valence-electron chi connectivity index (χ1n) is 10.5. The second-order valence-corrected chi connectivity index (χ2v) is 8.45. The van der Waals surface area contributed by atoms with Gasteiger partial charge in [-0.15, -0.1) is 0 Å². The normalized spacial score (nSPS) is 16.3. The van der Waals surface area contributed by atoms with Gasteiger partial charge in [-0.3, -0.25) is 14.6 Å². The summed E-state index contributed by atoms with van der Waals surface area (Å²) in [5, 5.41) is 5.58. The number of aliphatic imine (C=N–C) groups is 1. The number of nitrogens with one attached hydrogen (secondary N) is 2. The molecule has 2 N–H and O–H groups in total. The molecule has 13 heteroatoms. The Balaban J connectivity index is 1.95. The third kappa shape index (κ3) is 5.73. The van der Waals surface area contributed by atoms with Gasteiger partial charge in [-0.1, -0.05) is 23.2 Å². The highest BCUT2D eigenvalue weighted by molar-refractivity contribution is 6.32. The van der Waals surface area contributed by atoms with Gasteiger partial charge < -0.3 is 20.3 Å². The van der Waals surface area contributed by atoms with Crippen LogP contribution in [0.4, 0.5) is 13.2 Å². The largest absolute Gasteiger partial charge is 0.480 e. The van der Waals surface area contributed by atoms with Crippen LogP contribution in [0.2, 0.25) is 10.0 Å². The molecule has 1 aliphatic heterocycles. The number of aromatic nitrogens is 1. The molecule has 0 spiro atoms. The van der Waals surface area contributed by atoms with Gasteiger partial charge in [-0.05, 0) is 30.7 Å². The summed E-state index contributed by atoms with van der Waals surface area (Å²) in [6, 6.07) is 3.63. The van der Waals surface area contributed by atoms with Crippen molar-refractivity contribution in [2.75, 3.05) is 27.7 Å². The molecule has 1 unspecified atom stereocenters. The highest BCUT2D eigenvalue weighted by atomic mass is 35.5. The van der Waals surface area contributed by atoms with Gasteiger partial charge in [-0.25, -0.2) is 4.98 Å². The summed E-state index contributed by atoms with van der Waals surface area (Å²) in [5.74, 6) is -1.20. The molecule has 0 bridgehead atoms. The lowest BCUT2D eigenvalue weighted by atomic mass is 10.00. The molecule has 0 radical (unpaired) electrons. The number of likely N-dealkylation sites (N-methyl/N-ethyl adjacent to an activating group) is 1. The number of rotatable bonds is 6. The number of allylic oxidation sites excluding steroid dienone is 1. The average Bonchev–Trinajstić information content (AvgIpc) is 2.83. The van der Waals surface area contributed by atoms with Crippen molar-refractivity contribution < 1.29 is 27.5 Å². The van der Waals surface area contributed by atoms with E-state index < -0.39 is 35.2 Å². The number of benzene rings is 1. The summed E-state index contributed by atoms with van der Waals surface area (Å²) in [5.41, 5.74) is -0.791. The van der Waals surface area contributed by atoms with Crippen molar-refractivity contribution in [2.24, 2.45) is 4.99 Å². The molecule has 0 fully saturated rings. The van der Waals surface area contributed by atoms with Gasteiger partial charge in [0.15, 0.2) is 0 Å². The molecule has 1 aromatic carbocycles. The summed E-state index contributed by atoms with van der Waals surface area (Å²) in [4.78, 5) is 35.6. The van der Waals surface area contributed by atoms with Crippen LogP contribution in [0.5, 0.6) is 5.88 Å². The maximum atomic E-state index is 13.5. The Kier molecular flexibility index (Phi) is 8.47. The molecule has 2 aromatic rings. The van der Waals surface area contributed by atoms with Crippen molar-refractivity contribution in [3.8, 4) is 5.88 Å². The van der Waals surface area contributed by atoms with Crippen molar-refractivity contribution in [1.29, 1.82) is 0 Å². The Morgan fingerprint density at radius 2 is 2.00 bits per heavy atom. The fourth-order valence-electron chi connectivity index (χ4n) is 3.80. The van der Waals surface area contributed by atoms with E-state index in [-0.39, 0.29) is 34.5 Å². The SMILES string of the molecule is CN=CC1=C(NC)C(NC(=O)c2ccc(Cl)cc2C(F)(F)F)CCN1C(=O)c1cnc(OC)c(Cl)c1. The molecule has 36 heavy (non-hydrogen) atoms. The Bertz CT molecular complexity index is 1230. The molecular formula is C23H22Cl2F3N5O3. The fourth-order valence-corrected chi connectivity index (χ4v) is 4.21. The average molecular weight is 544 g/mol. The van der Waals surface area contributed by atoms with Crippen LogP contribution >= 0.6 is 23.2 Å². The lowest BCUT2D eigenvalue weighted by Gasteiger charge is -2.35. The third-order valence-electron chi connectivity index (χ3n) is 5.41. The number of halogens is 5. The fraction of sp³-hybridized carbons (Fsp3) is 0.304. The molecule has 1 aromatic heterocycles. The number of hydrogen-bond acceptors (Lipinski definition) is 6. The van der Waals surface area contributed by atoms with E-state index in [2.05, 4.69) is 20.6 Å². The highest BCUT2D eigenvalue weighted by Crippen LogP contribution is 2.34. The summed E-state index contributed by atoms with van der Waals surface area (Å²) in [6.45, 7) is 0.132. The molecule has 3 rings (SSSR count). The first kappa shape index (κ1) is 27.3. The maximum Gasteiger partial charge on any atom is 0.417 e. The van der Waals surface area contributed by atoms with E-state index in [4.69, 9.17) is 27.9 Å². The number of methoxy groups -OCH3 is 1. The molecule has 1 atom stereocenters. The smallest absolute Gasteiger partial charge is 0.417 e. The van der Waals surface area contributed by atoms with Gasteiger partial charge in [0.25, 0.3) is 11.8 Å². The van der Waals surface area contributed by atoms with Crippen LogP contribution in [-0.2, 0) is 6.18 Å². The zero-order valence-electron chi connectivity index (χ0n) is 19.4. The van der Waals surface area contributed by atoms with E-state index in [1.807, 2.05) is 0 Å². The highest BCUT2D eigenvalue weighted by Gasteiger charge is 2.37. The second kappa shape index (κ2) is 11.2. The van der Waals surface area contributed by atoms with Gasteiger partial charge in [0.1, 0.15) is 5.02 Å². The summed E-state index contributed by atoms with van der Waals surface area (Å²) in [7, 11) is 4.47. The van der Waals surface area contributed by atoms with Crippen LogP contribution in [0.1, 0.15) is 32.7 Å². The lowest BCUT2D eigenvalue weighted by molar-refractivity contribution is -0.137. The van der Waals surface area contributed by atoms with Crippen molar-refractivity contribution in [3.63, 3.8) is 0 Å². The maximum absolute atomic E-state index is 13.5. The first-order chi connectivity index (χ1) is 17.0. The predicted octanol–water partition coefficient (Wildman–Crippen LogP) is 4.19. The van der Waals surface area contributed by atoms with Crippen molar-refractivity contribution in [2.45, 2.75) is 18.6 Å². The van der Waals surface area contributed by atoms with E-state index in [1.165, 1.54) is 43.6 Å². The predicted molar refractivity (Wildman–Crippen MR) is 130 cm³/mol. The second-order valence-electron chi connectivity index (χ2n) is 7.61. The van der Waals surface area contributed by atoms with Gasteiger partial charge >= 0.3 is 6.18 Å². The molecule has 2 amide bonds. The van der Waals surface area contributed by atoms with E-state index in [0.29, 0.717) is 17.5 Å². The number of carbonyl (C=O) groups is 2. The van der Waals surface area contributed by atoms with Crippen LogP contribution in [0, 0.1) is 0 Å². The summed E-state index contributed by atoms with van der Waals surface area (Å²) < 4.78 is 45.5. The standard InChI is InChI=1S/C23H22Cl2F3N5O3/c1-29-11-18-19(30-2)17(32-20(34)14-5-4-13(24)9-15(14)23(26,27)28)6-7-33(18)22(35)12-8-16(25)21(36-3)31-10-12/h4-5,8-11,17,30H,6-7H2,1-3H3,(H,32,34). The van der Waals surface area contributed by atoms with Gasteiger partial charge in [0, 0.05) is 38.1 Å². The number of amides is 2. The molecule has 192 valence electrons. The minimum atomic E-state index is -4.78. The van der Waals surface area contributed by atoms with Crippen LogP contribution in [0.15, 0.2) is 46.8 Å². The number of nitrogens with zero attached hydrogens (tertiary/aromatic N) is 3. The van der Waals surface area contributed by atoms with Gasteiger partial charge in [-0.2, -0.15) is 13.2 Å². The van der Waals surface area contributed by atoms with E-state index in [0.717, 1.165) is 6.07 Å².